The second-order valence-electron chi connectivity index (χ2n) is 2.66. The molecule has 11 heavy (non-hydrogen) atoms. The Morgan fingerprint density at radius 2 is 2.36 bits per heavy atom. The van der Waals surface area contributed by atoms with Gasteiger partial charge in [-0.1, -0.05) is 42.0 Å². The van der Waals surface area contributed by atoms with Gasteiger partial charge in [0.15, 0.2) is 0 Å². The molecule has 0 amide bonds. The first-order valence-corrected chi connectivity index (χ1v) is 4.04. The average Bonchev–Trinajstić information content (AvgIpc) is 2.50. The van der Waals surface area contributed by atoms with Gasteiger partial charge in [0.2, 0.25) is 0 Å². The van der Waals surface area contributed by atoms with Gasteiger partial charge in [0.25, 0.3) is 0 Å². The summed E-state index contributed by atoms with van der Waals surface area (Å²) in [5.41, 5.74) is 1.50. The Morgan fingerprint density at radius 3 is 3.00 bits per heavy atom. The minimum absolute atomic E-state index is 0.987. The monoisotopic (exact) mass is 146 g/mol. The van der Waals surface area contributed by atoms with Gasteiger partial charge < -0.3 is 0 Å². The van der Waals surface area contributed by atoms with Crippen LogP contribution in [0.5, 0.6) is 0 Å². The fourth-order valence-corrected chi connectivity index (χ4v) is 1.07. The molecule has 58 valence electrons. The van der Waals surface area contributed by atoms with Gasteiger partial charge in [-0.3, -0.25) is 0 Å². The lowest BCUT2D eigenvalue weighted by Crippen LogP contribution is -1.72. The summed E-state index contributed by atoms with van der Waals surface area (Å²) in [6.07, 6.45) is 16.0. The Labute approximate surface area is 68.6 Å². The maximum absolute atomic E-state index is 3.65. The molecule has 0 atom stereocenters. The second-order valence-corrected chi connectivity index (χ2v) is 2.66. The van der Waals surface area contributed by atoms with E-state index in [1.54, 1.807) is 0 Å². The lowest BCUT2D eigenvalue weighted by atomic mass is 10.1. The topological polar surface area (TPSA) is 0 Å². The van der Waals surface area contributed by atoms with E-state index in [0.717, 1.165) is 19.3 Å². The summed E-state index contributed by atoms with van der Waals surface area (Å²) < 4.78 is 0. The van der Waals surface area contributed by atoms with Crippen molar-refractivity contribution >= 4 is 0 Å². The summed E-state index contributed by atoms with van der Waals surface area (Å²) in [6.45, 7) is 3.65. The van der Waals surface area contributed by atoms with E-state index in [1.165, 1.54) is 5.57 Å². The fourth-order valence-electron chi connectivity index (χ4n) is 1.07. The van der Waals surface area contributed by atoms with E-state index < -0.39 is 0 Å². The second kappa shape index (κ2) is 4.73. The Bertz CT molecular complexity index is 204. The number of allylic oxidation sites excluding steroid dienone is 7. The van der Waals surface area contributed by atoms with Gasteiger partial charge in [-0.25, -0.2) is 0 Å². The molecule has 0 nitrogen and oxygen atoms in total. The van der Waals surface area contributed by atoms with Crippen molar-refractivity contribution in [3.05, 3.63) is 48.6 Å². The van der Waals surface area contributed by atoms with E-state index in [-0.39, 0.29) is 0 Å². The third-order valence-electron chi connectivity index (χ3n) is 1.70. The molecule has 0 aliphatic heterocycles. The first kappa shape index (κ1) is 8.06. The van der Waals surface area contributed by atoms with Crippen LogP contribution in [0.15, 0.2) is 48.6 Å². The zero-order valence-electron chi connectivity index (χ0n) is 6.79. The molecule has 0 saturated carbocycles. The third kappa shape index (κ3) is 3.03. The van der Waals surface area contributed by atoms with Crippen LogP contribution in [0.1, 0.15) is 19.3 Å². The van der Waals surface area contributed by atoms with E-state index in [9.17, 15) is 0 Å². The Morgan fingerprint density at radius 1 is 1.45 bits per heavy atom. The molecule has 0 aromatic carbocycles. The van der Waals surface area contributed by atoms with Crippen LogP contribution < -0.4 is 0 Å². The van der Waals surface area contributed by atoms with Crippen molar-refractivity contribution in [2.75, 3.05) is 0 Å². The molecule has 0 unspecified atom stereocenters. The van der Waals surface area contributed by atoms with Crippen molar-refractivity contribution in [2.45, 2.75) is 19.3 Å². The van der Waals surface area contributed by atoms with E-state index >= 15 is 0 Å². The van der Waals surface area contributed by atoms with Crippen molar-refractivity contribution in [1.29, 1.82) is 0 Å². The lowest BCUT2D eigenvalue weighted by molar-refractivity contribution is 1.13. The summed E-state index contributed by atoms with van der Waals surface area (Å²) in [7, 11) is 0. The highest BCUT2D eigenvalue weighted by molar-refractivity contribution is 5.24. The minimum atomic E-state index is 0.987. The molecule has 1 aliphatic carbocycles. The van der Waals surface area contributed by atoms with Crippen LogP contribution in [0.25, 0.3) is 0 Å². The van der Waals surface area contributed by atoms with Crippen LogP contribution in [-0.2, 0) is 0 Å². The van der Waals surface area contributed by atoms with Crippen LogP contribution in [0.4, 0.5) is 0 Å². The zero-order valence-corrected chi connectivity index (χ0v) is 6.79. The molecule has 0 fully saturated rings. The van der Waals surface area contributed by atoms with Gasteiger partial charge in [-0.15, -0.1) is 6.58 Å². The van der Waals surface area contributed by atoms with Crippen molar-refractivity contribution < 1.29 is 0 Å². The smallest absolute Gasteiger partial charge is 0.0129 e. The van der Waals surface area contributed by atoms with Gasteiger partial charge in [0.05, 0.1) is 0 Å². The van der Waals surface area contributed by atoms with Gasteiger partial charge >= 0.3 is 0 Å². The Balaban J connectivity index is 2.17. The molecule has 0 spiro atoms. The molecule has 0 heterocycles. The van der Waals surface area contributed by atoms with E-state index in [1.807, 2.05) is 6.08 Å². The highest BCUT2D eigenvalue weighted by Crippen LogP contribution is 2.14. The predicted octanol–water partition coefficient (Wildman–Crippen LogP) is 3.40. The zero-order chi connectivity index (χ0) is 7.94. The first-order chi connectivity index (χ1) is 5.43. The lowest BCUT2D eigenvalue weighted by Gasteiger charge is -1.92. The SMILES string of the molecule is C=CC/C=C/CC1=CC=CC1. The molecule has 0 N–H and O–H groups in total. The van der Waals surface area contributed by atoms with Crippen LogP contribution in [0.2, 0.25) is 0 Å². The molecular weight excluding hydrogens is 132 g/mol. The standard InChI is InChI=1S/C11H14/c1-2-3-4-5-8-11-9-6-7-10-11/h2,4-7,9H,1,3,8,10H2/b5-4+. The van der Waals surface area contributed by atoms with Crippen molar-refractivity contribution in [3.8, 4) is 0 Å². The third-order valence-corrected chi connectivity index (χ3v) is 1.70. The van der Waals surface area contributed by atoms with E-state index in [4.69, 9.17) is 0 Å². The van der Waals surface area contributed by atoms with Gasteiger partial charge in [0, 0.05) is 0 Å². The van der Waals surface area contributed by atoms with Gasteiger partial charge in [-0.2, -0.15) is 0 Å². The highest BCUT2D eigenvalue weighted by Gasteiger charge is 1.94. The van der Waals surface area contributed by atoms with Crippen molar-refractivity contribution in [1.82, 2.24) is 0 Å². The first-order valence-electron chi connectivity index (χ1n) is 4.04. The fraction of sp³-hybridized carbons (Fsp3) is 0.273. The number of hydrogen-bond donors (Lipinski definition) is 0. The molecule has 1 aliphatic rings. The maximum Gasteiger partial charge on any atom is -0.0129 e. The predicted molar refractivity (Wildman–Crippen MR) is 50.4 cm³/mol. The van der Waals surface area contributed by atoms with E-state index in [0.29, 0.717) is 0 Å². The largest absolute Gasteiger partial charge is 0.103 e. The van der Waals surface area contributed by atoms with Crippen molar-refractivity contribution in [3.63, 3.8) is 0 Å². The van der Waals surface area contributed by atoms with Crippen LogP contribution >= 0.6 is 0 Å². The summed E-state index contributed by atoms with van der Waals surface area (Å²) in [4.78, 5) is 0. The van der Waals surface area contributed by atoms with Crippen molar-refractivity contribution in [2.24, 2.45) is 0 Å². The quantitative estimate of drug-likeness (QED) is 0.533. The average molecular weight is 146 g/mol. The minimum Gasteiger partial charge on any atom is -0.103 e. The van der Waals surface area contributed by atoms with Crippen LogP contribution in [0.3, 0.4) is 0 Å². The summed E-state index contributed by atoms with van der Waals surface area (Å²) in [5, 5.41) is 0. The summed E-state index contributed by atoms with van der Waals surface area (Å²) in [6, 6.07) is 0. The maximum atomic E-state index is 3.65. The summed E-state index contributed by atoms with van der Waals surface area (Å²) in [5.74, 6) is 0. The van der Waals surface area contributed by atoms with Crippen LogP contribution in [-0.4, -0.2) is 0 Å². The molecule has 0 aromatic rings. The van der Waals surface area contributed by atoms with Gasteiger partial charge in [-0.05, 0) is 19.3 Å². The molecule has 0 saturated heterocycles. The van der Waals surface area contributed by atoms with Crippen LogP contribution in [0, 0.1) is 0 Å². The summed E-state index contributed by atoms with van der Waals surface area (Å²) >= 11 is 0. The molecule has 1 rings (SSSR count). The molecule has 0 aromatic heterocycles. The normalized spacial score (nSPS) is 15.8. The molecule has 0 heteroatoms. The number of hydrogen-bond acceptors (Lipinski definition) is 0. The highest BCUT2D eigenvalue weighted by atomic mass is 14.0. The molecule has 0 bridgehead atoms. The Hall–Kier alpha value is -1.04. The van der Waals surface area contributed by atoms with Gasteiger partial charge in [0.1, 0.15) is 0 Å². The Kier molecular flexibility index (Phi) is 3.46. The number of rotatable bonds is 4. The van der Waals surface area contributed by atoms with E-state index in [2.05, 4.69) is 37.0 Å². The molecular formula is C11H14. The molecule has 0 radical (unpaired) electrons.